The van der Waals surface area contributed by atoms with Gasteiger partial charge in [-0.25, -0.2) is 4.98 Å². The van der Waals surface area contributed by atoms with Crippen LogP contribution in [0.1, 0.15) is 5.56 Å². The van der Waals surface area contributed by atoms with Gasteiger partial charge in [0.25, 0.3) is 0 Å². The number of aromatic hydroxyl groups is 1. The Kier molecular flexibility index (Phi) is 3.23. The van der Waals surface area contributed by atoms with Gasteiger partial charge >= 0.3 is 0 Å². The second-order valence-electron chi connectivity index (χ2n) is 3.00. The first-order valence-corrected chi connectivity index (χ1v) is 6.04. The number of phenols is 1. The normalized spacial score (nSPS) is 10.2. The maximum absolute atomic E-state index is 9.11. The fourth-order valence-electron chi connectivity index (χ4n) is 1.13. The molecule has 2 N–H and O–H groups in total. The van der Waals surface area contributed by atoms with Crippen LogP contribution in [-0.2, 0) is 6.54 Å². The molecule has 3 nitrogen and oxygen atoms in total. The molecule has 0 aliphatic rings. The van der Waals surface area contributed by atoms with Crippen LogP contribution in [0.5, 0.6) is 5.75 Å². The number of phenolic OH excluding ortho intramolecular Hbond substituents is 1. The lowest BCUT2D eigenvalue weighted by atomic mass is 10.2. The second-order valence-corrected chi connectivity index (χ2v) is 4.67. The van der Waals surface area contributed by atoms with Crippen molar-refractivity contribution in [2.45, 2.75) is 6.54 Å². The summed E-state index contributed by atoms with van der Waals surface area (Å²) in [5.41, 5.74) is 1.11. The average Bonchev–Trinajstić information content (AvgIpc) is 2.64. The van der Waals surface area contributed by atoms with E-state index in [2.05, 4.69) is 26.2 Å². The van der Waals surface area contributed by atoms with E-state index in [0.29, 0.717) is 6.54 Å². The Balaban J connectivity index is 1.96. The fraction of sp³-hybridized carbons (Fsp3) is 0.100. The van der Waals surface area contributed by atoms with Gasteiger partial charge in [0.2, 0.25) is 0 Å². The first kappa shape index (κ1) is 10.4. The second kappa shape index (κ2) is 4.63. The standard InChI is InChI=1S/C10H9BrN2OS/c11-9-6-15-10(13-9)12-5-7-1-3-8(14)4-2-7/h1-4,6,14H,5H2,(H,12,13). The van der Waals surface area contributed by atoms with E-state index in [4.69, 9.17) is 5.11 Å². The van der Waals surface area contributed by atoms with Gasteiger partial charge in [0.05, 0.1) is 0 Å². The van der Waals surface area contributed by atoms with Gasteiger partial charge in [-0.3, -0.25) is 0 Å². The van der Waals surface area contributed by atoms with Crippen LogP contribution < -0.4 is 5.32 Å². The van der Waals surface area contributed by atoms with E-state index >= 15 is 0 Å². The minimum Gasteiger partial charge on any atom is -0.508 e. The van der Waals surface area contributed by atoms with Crippen LogP contribution in [0, 0.1) is 0 Å². The molecule has 0 spiro atoms. The summed E-state index contributed by atoms with van der Waals surface area (Å²) in [6, 6.07) is 7.11. The van der Waals surface area contributed by atoms with Crippen LogP contribution in [0.4, 0.5) is 5.13 Å². The number of aromatic nitrogens is 1. The third-order valence-electron chi connectivity index (χ3n) is 1.86. The lowest BCUT2D eigenvalue weighted by Crippen LogP contribution is -1.98. The Morgan fingerprint density at radius 3 is 2.67 bits per heavy atom. The van der Waals surface area contributed by atoms with Gasteiger partial charge < -0.3 is 10.4 Å². The molecule has 1 heterocycles. The molecule has 0 aliphatic heterocycles. The number of halogens is 1. The summed E-state index contributed by atoms with van der Waals surface area (Å²) < 4.78 is 0.848. The molecule has 1 aromatic carbocycles. The number of anilines is 1. The van der Waals surface area contributed by atoms with E-state index in [1.165, 1.54) is 0 Å². The number of hydrogen-bond donors (Lipinski definition) is 2. The summed E-state index contributed by atoms with van der Waals surface area (Å²) in [4.78, 5) is 4.22. The highest BCUT2D eigenvalue weighted by Gasteiger charge is 1.98. The number of hydrogen-bond acceptors (Lipinski definition) is 4. The first-order valence-electron chi connectivity index (χ1n) is 4.37. The highest BCUT2D eigenvalue weighted by molar-refractivity contribution is 9.10. The molecule has 0 bridgehead atoms. The predicted molar refractivity (Wildman–Crippen MR) is 65.2 cm³/mol. The average molecular weight is 285 g/mol. The van der Waals surface area contributed by atoms with Crippen LogP contribution >= 0.6 is 27.3 Å². The molecule has 2 aromatic rings. The molecular weight excluding hydrogens is 276 g/mol. The Bertz CT molecular complexity index is 441. The highest BCUT2D eigenvalue weighted by Crippen LogP contribution is 2.20. The molecule has 15 heavy (non-hydrogen) atoms. The van der Waals surface area contributed by atoms with Gasteiger partial charge in [-0.05, 0) is 33.6 Å². The molecule has 0 radical (unpaired) electrons. The predicted octanol–water partition coefficient (Wildman–Crippen LogP) is 3.22. The molecule has 0 atom stereocenters. The van der Waals surface area contributed by atoms with Crippen LogP contribution in [0.25, 0.3) is 0 Å². The summed E-state index contributed by atoms with van der Waals surface area (Å²) in [6.45, 7) is 0.709. The van der Waals surface area contributed by atoms with Crippen LogP contribution in [0.3, 0.4) is 0 Å². The summed E-state index contributed by atoms with van der Waals surface area (Å²) in [5.74, 6) is 0.288. The molecule has 0 amide bonds. The molecule has 0 saturated carbocycles. The summed E-state index contributed by atoms with van der Waals surface area (Å²) in [5, 5.41) is 15.1. The largest absolute Gasteiger partial charge is 0.508 e. The van der Waals surface area contributed by atoms with Crippen molar-refractivity contribution in [3.05, 3.63) is 39.8 Å². The molecule has 78 valence electrons. The Morgan fingerprint density at radius 2 is 2.07 bits per heavy atom. The summed E-state index contributed by atoms with van der Waals surface area (Å²) in [6.07, 6.45) is 0. The molecule has 0 saturated heterocycles. The number of nitrogens with one attached hydrogen (secondary N) is 1. The zero-order valence-electron chi connectivity index (χ0n) is 7.77. The summed E-state index contributed by atoms with van der Waals surface area (Å²) >= 11 is 4.85. The molecule has 2 rings (SSSR count). The third kappa shape index (κ3) is 2.94. The molecule has 0 fully saturated rings. The van der Waals surface area contributed by atoms with E-state index in [1.54, 1.807) is 23.5 Å². The molecule has 5 heteroatoms. The van der Waals surface area contributed by atoms with E-state index in [0.717, 1.165) is 15.3 Å². The quantitative estimate of drug-likeness (QED) is 0.910. The van der Waals surface area contributed by atoms with Crippen molar-refractivity contribution >= 4 is 32.4 Å². The van der Waals surface area contributed by atoms with Crippen LogP contribution in [0.2, 0.25) is 0 Å². The Morgan fingerprint density at radius 1 is 1.33 bits per heavy atom. The van der Waals surface area contributed by atoms with E-state index in [9.17, 15) is 0 Å². The van der Waals surface area contributed by atoms with Crippen molar-refractivity contribution in [2.24, 2.45) is 0 Å². The van der Waals surface area contributed by atoms with Crippen molar-refractivity contribution in [2.75, 3.05) is 5.32 Å². The van der Waals surface area contributed by atoms with Crippen molar-refractivity contribution in [3.63, 3.8) is 0 Å². The number of nitrogens with zero attached hydrogens (tertiary/aromatic N) is 1. The Labute approximate surface area is 99.9 Å². The van der Waals surface area contributed by atoms with E-state index < -0.39 is 0 Å². The molecule has 0 aliphatic carbocycles. The number of benzene rings is 1. The van der Waals surface area contributed by atoms with Gasteiger partial charge in [0.1, 0.15) is 10.4 Å². The third-order valence-corrected chi connectivity index (χ3v) is 3.37. The van der Waals surface area contributed by atoms with E-state index in [-0.39, 0.29) is 5.75 Å². The lowest BCUT2D eigenvalue weighted by molar-refractivity contribution is 0.475. The van der Waals surface area contributed by atoms with E-state index in [1.807, 2.05) is 17.5 Å². The zero-order valence-corrected chi connectivity index (χ0v) is 10.2. The summed E-state index contributed by atoms with van der Waals surface area (Å²) in [7, 11) is 0. The monoisotopic (exact) mass is 284 g/mol. The Hall–Kier alpha value is -1.07. The van der Waals surface area contributed by atoms with Gasteiger partial charge in [-0.2, -0.15) is 0 Å². The van der Waals surface area contributed by atoms with Crippen molar-refractivity contribution < 1.29 is 5.11 Å². The topological polar surface area (TPSA) is 45.1 Å². The SMILES string of the molecule is Oc1ccc(CNc2nc(Br)cs2)cc1. The molecule has 0 unspecified atom stereocenters. The molecular formula is C10H9BrN2OS. The fourth-order valence-corrected chi connectivity index (χ4v) is 2.27. The lowest BCUT2D eigenvalue weighted by Gasteiger charge is -2.02. The van der Waals surface area contributed by atoms with Gasteiger partial charge in [0.15, 0.2) is 5.13 Å². The van der Waals surface area contributed by atoms with Crippen LogP contribution in [-0.4, -0.2) is 10.1 Å². The van der Waals surface area contributed by atoms with Crippen LogP contribution in [0.15, 0.2) is 34.2 Å². The number of thiazole rings is 1. The maximum atomic E-state index is 9.11. The first-order chi connectivity index (χ1) is 7.24. The zero-order chi connectivity index (χ0) is 10.7. The number of rotatable bonds is 3. The van der Waals surface area contributed by atoms with Gasteiger partial charge in [-0.1, -0.05) is 12.1 Å². The van der Waals surface area contributed by atoms with Crippen molar-refractivity contribution in [1.29, 1.82) is 0 Å². The van der Waals surface area contributed by atoms with Crippen molar-refractivity contribution in [1.82, 2.24) is 4.98 Å². The van der Waals surface area contributed by atoms with Gasteiger partial charge in [-0.15, -0.1) is 11.3 Å². The maximum Gasteiger partial charge on any atom is 0.184 e. The highest BCUT2D eigenvalue weighted by atomic mass is 79.9. The minimum atomic E-state index is 0.288. The smallest absolute Gasteiger partial charge is 0.184 e. The molecule has 1 aromatic heterocycles. The minimum absolute atomic E-state index is 0.288. The van der Waals surface area contributed by atoms with Crippen molar-refractivity contribution in [3.8, 4) is 5.75 Å². The van der Waals surface area contributed by atoms with Gasteiger partial charge in [0, 0.05) is 11.9 Å².